The van der Waals surface area contributed by atoms with Crippen molar-refractivity contribution < 1.29 is 4.79 Å². The highest BCUT2D eigenvalue weighted by Crippen LogP contribution is 2.12. The van der Waals surface area contributed by atoms with Crippen LogP contribution in [-0.2, 0) is 11.3 Å². The zero-order valence-corrected chi connectivity index (χ0v) is 11.6. The molecule has 0 fully saturated rings. The molecule has 8 heteroatoms. The number of rotatable bonds is 8. The quantitative estimate of drug-likeness (QED) is 0.648. The molecule has 1 aromatic heterocycles. The Balaban J connectivity index is 2.35. The van der Waals surface area contributed by atoms with Crippen LogP contribution in [0.15, 0.2) is 5.16 Å². The van der Waals surface area contributed by atoms with Crippen LogP contribution < -0.4 is 11.1 Å². The second-order valence-corrected chi connectivity index (χ2v) is 4.96. The van der Waals surface area contributed by atoms with Crippen LogP contribution in [-0.4, -0.2) is 44.5 Å². The maximum absolute atomic E-state index is 11.7. The Morgan fingerprint density at radius 3 is 3.06 bits per heavy atom. The van der Waals surface area contributed by atoms with E-state index in [4.69, 9.17) is 5.73 Å². The second-order valence-electron chi connectivity index (χ2n) is 4.02. The maximum atomic E-state index is 11.7. The lowest BCUT2D eigenvalue weighted by Gasteiger charge is -2.12. The molecule has 102 valence electrons. The van der Waals surface area contributed by atoms with E-state index in [1.165, 1.54) is 11.8 Å². The molecule has 0 spiro atoms. The average molecular weight is 272 g/mol. The summed E-state index contributed by atoms with van der Waals surface area (Å²) in [5.74, 6) is 0.321. The number of amides is 1. The Kier molecular flexibility index (Phi) is 6.66. The maximum Gasteiger partial charge on any atom is 0.230 e. The molecule has 1 aromatic rings. The highest BCUT2D eigenvalue weighted by Gasteiger charge is 2.11. The summed E-state index contributed by atoms with van der Waals surface area (Å²) in [5, 5.41) is 14.8. The molecule has 0 saturated carbocycles. The number of hydrogen-bond acceptors (Lipinski definition) is 6. The molecule has 1 atom stereocenters. The molecule has 1 amide bonds. The SMILES string of the molecule is CCCC(C)NC(=O)CSc1nnnn1CCN. The molecule has 0 aliphatic rings. The number of hydrogen-bond donors (Lipinski definition) is 2. The lowest BCUT2D eigenvalue weighted by molar-refractivity contribution is -0.119. The molecule has 0 radical (unpaired) electrons. The molecule has 0 aliphatic heterocycles. The molecule has 0 bridgehead atoms. The molecule has 1 heterocycles. The Bertz CT molecular complexity index is 369. The first-order valence-corrected chi connectivity index (χ1v) is 7.04. The van der Waals surface area contributed by atoms with E-state index in [1.54, 1.807) is 4.68 Å². The van der Waals surface area contributed by atoms with Gasteiger partial charge in [0.25, 0.3) is 0 Å². The molecule has 0 aromatic carbocycles. The predicted octanol–water partition coefficient (Wildman–Crippen LogP) is 0.0287. The number of aromatic nitrogens is 4. The Morgan fingerprint density at radius 2 is 2.39 bits per heavy atom. The van der Waals surface area contributed by atoms with Gasteiger partial charge in [0.2, 0.25) is 11.1 Å². The molecule has 3 N–H and O–H groups in total. The van der Waals surface area contributed by atoms with E-state index in [0.29, 0.717) is 24.0 Å². The van der Waals surface area contributed by atoms with Crippen molar-refractivity contribution >= 4 is 17.7 Å². The van der Waals surface area contributed by atoms with Gasteiger partial charge in [-0.05, 0) is 23.8 Å². The highest BCUT2D eigenvalue weighted by atomic mass is 32.2. The average Bonchev–Trinajstić information content (AvgIpc) is 2.75. The van der Waals surface area contributed by atoms with Crippen molar-refractivity contribution in [3.8, 4) is 0 Å². The Morgan fingerprint density at radius 1 is 1.61 bits per heavy atom. The lowest BCUT2D eigenvalue weighted by Crippen LogP contribution is -2.33. The van der Waals surface area contributed by atoms with Crippen molar-refractivity contribution in [1.82, 2.24) is 25.5 Å². The molecular weight excluding hydrogens is 252 g/mol. The zero-order chi connectivity index (χ0) is 13.4. The van der Waals surface area contributed by atoms with Crippen LogP contribution in [0.1, 0.15) is 26.7 Å². The molecule has 7 nitrogen and oxygen atoms in total. The van der Waals surface area contributed by atoms with Crippen LogP contribution in [0.3, 0.4) is 0 Å². The van der Waals surface area contributed by atoms with Gasteiger partial charge < -0.3 is 11.1 Å². The van der Waals surface area contributed by atoms with Crippen molar-refractivity contribution in [3.63, 3.8) is 0 Å². The van der Waals surface area contributed by atoms with Crippen molar-refractivity contribution in [2.75, 3.05) is 12.3 Å². The fraction of sp³-hybridized carbons (Fsp3) is 0.800. The largest absolute Gasteiger partial charge is 0.353 e. The van der Waals surface area contributed by atoms with Crippen LogP contribution in [0, 0.1) is 0 Å². The van der Waals surface area contributed by atoms with Crippen LogP contribution in [0.4, 0.5) is 0 Å². The van der Waals surface area contributed by atoms with Gasteiger partial charge in [-0.15, -0.1) is 5.10 Å². The molecule has 0 aliphatic carbocycles. The first kappa shape index (κ1) is 14.9. The normalized spacial score (nSPS) is 12.4. The lowest BCUT2D eigenvalue weighted by atomic mass is 10.2. The van der Waals surface area contributed by atoms with Gasteiger partial charge in [-0.3, -0.25) is 4.79 Å². The number of nitrogens with zero attached hydrogens (tertiary/aromatic N) is 4. The van der Waals surface area contributed by atoms with Crippen molar-refractivity contribution in [2.24, 2.45) is 5.73 Å². The third-order valence-corrected chi connectivity index (χ3v) is 3.26. The topological polar surface area (TPSA) is 98.7 Å². The summed E-state index contributed by atoms with van der Waals surface area (Å²) in [6, 6.07) is 0.211. The second kappa shape index (κ2) is 8.04. The van der Waals surface area contributed by atoms with Crippen molar-refractivity contribution in [1.29, 1.82) is 0 Å². The summed E-state index contributed by atoms with van der Waals surface area (Å²) in [4.78, 5) is 11.7. The van der Waals surface area contributed by atoms with E-state index in [1.807, 2.05) is 6.92 Å². The van der Waals surface area contributed by atoms with Gasteiger partial charge in [0.1, 0.15) is 0 Å². The van der Waals surface area contributed by atoms with Crippen molar-refractivity contribution in [3.05, 3.63) is 0 Å². The van der Waals surface area contributed by atoms with Gasteiger partial charge in [0, 0.05) is 12.6 Å². The van der Waals surface area contributed by atoms with Crippen LogP contribution in [0.5, 0.6) is 0 Å². The number of carbonyl (C=O) groups is 1. The van der Waals surface area contributed by atoms with Gasteiger partial charge >= 0.3 is 0 Å². The third-order valence-electron chi connectivity index (χ3n) is 2.30. The summed E-state index contributed by atoms with van der Waals surface area (Å²) in [6.45, 7) is 5.13. The smallest absolute Gasteiger partial charge is 0.230 e. The van der Waals surface area contributed by atoms with E-state index in [9.17, 15) is 4.79 Å². The van der Waals surface area contributed by atoms with Gasteiger partial charge in [-0.25, -0.2) is 4.68 Å². The summed E-state index contributed by atoms with van der Waals surface area (Å²) in [5.41, 5.74) is 5.44. The van der Waals surface area contributed by atoms with Crippen LogP contribution in [0.25, 0.3) is 0 Å². The number of thioether (sulfide) groups is 1. The zero-order valence-electron chi connectivity index (χ0n) is 10.8. The molecule has 1 unspecified atom stereocenters. The van der Waals surface area contributed by atoms with E-state index in [0.717, 1.165) is 12.8 Å². The third kappa shape index (κ3) is 5.01. The number of nitrogens with two attached hydrogens (primary N) is 1. The van der Waals surface area contributed by atoms with E-state index in [-0.39, 0.29) is 11.9 Å². The minimum absolute atomic E-state index is 0.00301. The number of carbonyl (C=O) groups excluding carboxylic acids is 1. The number of tetrazole rings is 1. The monoisotopic (exact) mass is 272 g/mol. The summed E-state index contributed by atoms with van der Waals surface area (Å²) in [7, 11) is 0. The van der Waals surface area contributed by atoms with E-state index in [2.05, 4.69) is 27.8 Å². The fourth-order valence-corrected chi connectivity index (χ4v) is 2.23. The Labute approximate surface area is 111 Å². The summed E-state index contributed by atoms with van der Waals surface area (Å²) >= 11 is 1.32. The van der Waals surface area contributed by atoms with Gasteiger partial charge in [-0.1, -0.05) is 25.1 Å². The summed E-state index contributed by atoms with van der Waals surface area (Å²) in [6.07, 6.45) is 2.05. The standard InChI is InChI=1S/C10H20N6OS/c1-3-4-8(2)12-9(17)7-18-10-13-14-15-16(10)6-5-11/h8H,3-7,11H2,1-2H3,(H,12,17). The minimum Gasteiger partial charge on any atom is -0.353 e. The molecule has 18 heavy (non-hydrogen) atoms. The summed E-state index contributed by atoms with van der Waals surface area (Å²) < 4.78 is 1.60. The predicted molar refractivity (Wildman–Crippen MR) is 70.1 cm³/mol. The van der Waals surface area contributed by atoms with Gasteiger partial charge in [0.15, 0.2) is 0 Å². The first-order chi connectivity index (χ1) is 8.67. The van der Waals surface area contributed by atoms with E-state index >= 15 is 0 Å². The Hall–Kier alpha value is -1.15. The first-order valence-electron chi connectivity index (χ1n) is 6.05. The van der Waals surface area contributed by atoms with Gasteiger partial charge in [-0.2, -0.15) is 0 Å². The van der Waals surface area contributed by atoms with Crippen LogP contribution >= 0.6 is 11.8 Å². The van der Waals surface area contributed by atoms with Crippen LogP contribution in [0.2, 0.25) is 0 Å². The molecule has 1 rings (SSSR count). The molecular formula is C10H20N6OS. The van der Waals surface area contributed by atoms with Gasteiger partial charge in [0.05, 0.1) is 12.3 Å². The fourth-order valence-electron chi connectivity index (χ4n) is 1.51. The minimum atomic E-state index is 0.00301. The van der Waals surface area contributed by atoms with E-state index < -0.39 is 0 Å². The highest BCUT2D eigenvalue weighted by molar-refractivity contribution is 7.99. The molecule has 0 saturated heterocycles. The van der Waals surface area contributed by atoms with Crippen molar-refractivity contribution in [2.45, 2.75) is 44.4 Å². The number of nitrogens with one attached hydrogen (secondary N) is 1.